The summed E-state index contributed by atoms with van der Waals surface area (Å²) in [5, 5.41) is 17.3. The average Bonchev–Trinajstić information content (AvgIpc) is 2.88. The maximum atomic E-state index is 11.2. The van der Waals surface area contributed by atoms with Gasteiger partial charge in [0.25, 0.3) is 0 Å². The first-order valence-electron chi connectivity index (χ1n) is 6.22. The molecule has 0 spiro atoms. The smallest absolute Gasteiger partial charge is 0.358 e. The van der Waals surface area contributed by atoms with Gasteiger partial charge in [0.05, 0.1) is 11.9 Å². The molecule has 2 aromatic rings. The Morgan fingerprint density at radius 2 is 2.20 bits per heavy atom. The summed E-state index contributed by atoms with van der Waals surface area (Å²) in [6.07, 6.45) is 2.14. The molecule has 0 aliphatic heterocycles. The van der Waals surface area contributed by atoms with Crippen molar-refractivity contribution in [2.24, 2.45) is 13.0 Å². The summed E-state index contributed by atoms with van der Waals surface area (Å²) in [6.45, 7) is 4.37. The molecule has 7 nitrogen and oxygen atoms in total. The summed E-state index contributed by atoms with van der Waals surface area (Å²) < 4.78 is 3.30. The Kier molecular flexibility index (Phi) is 4.08. The second kappa shape index (κ2) is 5.62. The lowest BCUT2D eigenvalue weighted by Gasteiger charge is -2.09. The molecule has 2 heterocycles. The highest BCUT2D eigenvalue weighted by atomic mass is 35.5. The highest BCUT2D eigenvalue weighted by molar-refractivity contribution is 6.29. The van der Waals surface area contributed by atoms with Gasteiger partial charge in [0, 0.05) is 7.05 Å². The van der Waals surface area contributed by atoms with Crippen LogP contribution < -0.4 is 0 Å². The first-order valence-corrected chi connectivity index (χ1v) is 6.59. The van der Waals surface area contributed by atoms with Crippen molar-refractivity contribution in [3.05, 3.63) is 28.6 Å². The predicted octanol–water partition coefficient (Wildman–Crippen LogP) is 1.61. The molecule has 1 N–H and O–H groups in total. The van der Waals surface area contributed by atoms with E-state index in [0.717, 1.165) is 0 Å². The lowest BCUT2D eigenvalue weighted by Crippen LogP contribution is -2.14. The highest BCUT2D eigenvalue weighted by Gasteiger charge is 2.20. The van der Waals surface area contributed by atoms with Gasteiger partial charge in [0.2, 0.25) is 0 Å². The fourth-order valence-corrected chi connectivity index (χ4v) is 2.07. The van der Waals surface area contributed by atoms with Crippen molar-refractivity contribution in [3.63, 3.8) is 0 Å². The number of aromatic nitrogens is 5. The molecule has 108 valence electrons. The first-order chi connectivity index (χ1) is 9.40. The van der Waals surface area contributed by atoms with E-state index in [0.29, 0.717) is 35.6 Å². The van der Waals surface area contributed by atoms with Crippen molar-refractivity contribution in [2.75, 3.05) is 0 Å². The van der Waals surface area contributed by atoms with Crippen LogP contribution in [0.5, 0.6) is 0 Å². The second-order valence-electron chi connectivity index (χ2n) is 5.00. The normalized spacial score (nSPS) is 11.2. The minimum atomic E-state index is -1.07. The summed E-state index contributed by atoms with van der Waals surface area (Å²) in [4.78, 5) is 15.4. The minimum absolute atomic E-state index is 0.000920. The van der Waals surface area contributed by atoms with Crippen LogP contribution in [0.2, 0.25) is 5.15 Å². The van der Waals surface area contributed by atoms with Crippen molar-refractivity contribution < 1.29 is 9.90 Å². The Balaban J connectivity index is 2.36. The zero-order valence-electron chi connectivity index (χ0n) is 11.5. The van der Waals surface area contributed by atoms with E-state index in [1.807, 2.05) is 13.8 Å². The lowest BCUT2D eigenvalue weighted by atomic mass is 10.1. The Morgan fingerprint density at radius 1 is 1.50 bits per heavy atom. The summed E-state index contributed by atoms with van der Waals surface area (Å²) in [5.74, 6) is -0.0677. The van der Waals surface area contributed by atoms with E-state index < -0.39 is 5.97 Å². The van der Waals surface area contributed by atoms with Crippen LogP contribution >= 0.6 is 11.6 Å². The third-order valence-electron chi connectivity index (χ3n) is 2.96. The van der Waals surface area contributed by atoms with Gasteiger partial charge in [-0.25, -0.2) is 14.5 Å². The average molecular weight is 298 g/mol. The number of carbonyl (C=O) groups is 1. The number of imidazole rings is 1. The van der Waals surface area contributed by atoms with Crippen LogP contribution in [0.3, 0.4) is 0 Å². The molecule has 2 aromatic heterocycles. The van der Waals surface area contributed by atoms with E-state index in [2.05, 4.69) is 15.3 Å². The van der Waals surface area contributed by atoms with Gasteiger partial charge in [0.1, 0.15) is 17.5 Å². The quantitative estimate of drug-likeness (QED) is 0.906. The minimum Gasteiger partial charge on any atom is -0.476 e. The van der Waals surface area contributed by atoms with Gasteiger partial charge < -0.3 is 9.67 Å². The standard InChI is InChI=1S/C12H16ClN5O2/c1-7(2)4-8-11(12(19)20)15-16-18(8)6-10-14-5-9(13)17(10)3/h5,7H,4,6H2,1-3H3,(H,19,20). The van der Waals surface area contributed by atoms with Crippen LogP contribution in [-0.4, -0.2) is 35.6 Å². The molecule has 0 fully saturated rings. The fourth-order valence-electron chi connectivity index (χ4n) is 1.92. The van der Waals surface area contributed by atoms with Gasteiger partial charge in [-0.15, -0.1) is 5.10 Å². The van der Waals surface area contributed by atoms with Crippen LogP contribution in [0.4, 0.5) is 0 Å². The molecule has 0 aliphatic rings. The van der Waals surface area contributed by atoms with E-state index in [1.54, 1.807) is 22.5 Å². The van der Waals surface area contributed by atoms with Crippen LogP contribution in [0, 0.1) is 5.92 Å². The maximum absolute atomic E-state index is 11.2. The Hall–Kier alpha value is -1.89. The van der Waals surface area contributed by atoms with Gasteiger partial charge in [-0.3, -0.25) is 0 Å². The van der Waals surface area contributed by atoms with Crippen molar-refractivity contribution in [1.29, 1.82) is 0 Å². The van der Waals surface area contributed by atoms with Gasteiger partial charge in [-0.1, -0.05) is 30.7 Å². The number of nitrogens with zero attached hydrogens (tertiary/aromatic N) is 5. The molecule has 0 aliphatic carbocycles. The van der Waals surface area contributed by atoms with Crippen molar-refractivity contribution in [2.45, 2.75) is 26.8 Å². The molecule has 0 saturated carbocycles. The fraction of sp³-hybridized carbons (Fsp3) is 0.500. The molecule has 2 rings (SSSR count). The SMILES string of the molecule is CC(C)Cc1c(C(=O)O)nnn1Cc1ncc(Cl)n1C. The molecule has 0 radical (unpaired) electrons. The third kappa shape index (κ3) is 2.82. The molecule has 0 bridgehead atoms. The maximum Gasteiger partial charge on any atom is 0.358 e. The first kappa shape index (κ1) is 14.5. The van der Waals surface area contributed by atoms with E-state index >= 15 is 0 Å². The molecule has 8 heteroatoms. The van der Waals surface area contributed by atoms with Crippen molar-refractivity contribution in [3.8, 4) is 0 Å². The number of carboxylic acids is 1. The Labute approximate surface area is 121 Å². The van der Waals surface area contributed by atoms with E-state index in [4.69, 9.17) is 16.7 Å². The van der Waals surface area contributed by atoms with E-state index in [-0.39, 0.29) is 5.69 Å². The number of halogens is 1. The largest absolute Gasteiger partial charge is 0.476 e. The van der Waals surface area contributed by atoms with E-state index in [1.165, 1.54) is 0 Å². The summed E-state index contributed by atoms with van der Waals surface area (Å²) in [5.41, 5.74) is 0.602. The molecule has 0 aromatic carbocycles. The van der Waals surface area contributed by atoms with Crippen molar-refractivity contribution in [1.82, 2.24) is 24.5 Å². The molecular weight excluding hydrogens is 282 g/mol. The topological polar surface area (TPSA) is 85.8 Å². The molecule has 0 unspecified atom stereocenters. The zero-order valence-corrected chi connectivity index (χ0v) is 12.3. The Bertz CT molecular complexity index is 632. The van der Waals surface area contributed by atoms with Crippen LogP contribution in [-0.2, 0) is 20.0 Å². The van der Waals surface area contributed by atoms with Crippen LogP contribution in [0.1, 0.15) is 35.9 Å². The summed E-state index contributed by atoms with van der Waals surface area (Å²) >= 11 is 5.94. The predicted molar refractivity (Wildman–Crippen MR) is 72.8 cm³/mol. The van der Waals surface area contributed by atoms with Crippen LogP contribution in [0.15, 0.2) is 6.20 Å². The Morgan fingerprint density at radius 3 is 2.70 bits per heavy atom. The molecular formula is C12H16ClN5O2. The summed E-state index contributed by atoms with van der Waals surface area (Å²) in [7, 11) is 1.79. The monoisotopic (exact) mass is 297 g/mol. The highest BCUT2D eigenvalue weighted by Crippen LogP contribution is 2.15. The van der Waals surface area contributed by atoms with Crippen molar-refractivity contribution >= 4 is 17.6 Å². The number of rotatable bonds is 5. The van der Waals surface area contributed by atoms with E-state index in [9.17, 15) is 4.79 Å². The van der Waals surface area contributed by atoms with Gasteiger partial charge in [-0.05, 0) is 12.3 Å². The van der Waals surface area contributed by atoms with Crippen LogP contribution in [0.25, 0.3) is 0 Å². The number of carboxylic acid groups (broad SMARTS) is 1. The zero-order chi connectivity index (χ0) is 14.9. The third-order valence-corrected chi connectivity index (χ3v) is 3.31. The van der Waals surface area contributed by atoms with Gasteiger partial charge in [0.15, 0.2) is 5.69 Å². The van der Waals surface area contributed by atoms with Gasteiger partial charge in [-0.2, -0.15) is 0 Å². The number of hydrogen-bond donors (Lipinski definition) is 1. The number of aromatic carboxylic acids is 1. The summed E-state index contributed by atoms with van der Waals surface area (Å²) in [6, 6.07) is 0. The molecule has 0 amide bonds. The molecule has 0 atom stereocenters. The number of hydrogen-bond acceptors (Lipinski definition) is 4. The van der Waals surface area contributed by atoms with Gasteiger partial charge >= 0.3 is 5.97 Å². The molecule has 20 heavy (non-hydrogen) atoms. The second-order valence-corrected chi connectivity index (χ2v) is 5.39. The molecule has 0 saturated heterocycles. The lowest BCUT2D eigenvalue weighted by molar-refractivity contribution is 0.0689.